The number of nitrogens with one attached hydrogen (secondary N) is 1. The summed E-state index contributed by atoms with van der Waals surface area (Å²) in [6, 6.07) is 3.87. The average molecular weight is 270 g/mol. The van der Waals surface area contributed by atoms with Crippen LogP contribution in [-0.4, -0.2) is 33.2 Å². The Morgan fingerprint density at radius 1 is 1.44 bits per heavy atom. The van der Waals surface area contributed by atoms with Gasteiger partial charge in [-0.05, 0) is 19.2 Å². The van der Waals surface area contributed by atoms with E-state index in [2.05, 4.69) is 5.32 Å². The molecule has 0 saturated heterocycles. The number of sulfone groups is 1. The van der Waals surface area contributed by atoms with E-state index in [0.717, 1.165) is 12.3 Å². The van der Waals surface area contributed by atoms with Crippen LogP contribution in [0.25, 0.3) is 6.08 Å². The predicted octanol–water partition coefficient (Wildman–Crippen LogP) is 1.23. The van der Waals surface area contributed by atoms with Crippen LogP contribution in [0, 0.1) is 10.1 Å². The Balaban J connectivity index is 3.25. The number of nitrogens with zero attached hydrogens (tertiary/aromatic N) is 1. The molecule has 6 nitrogen and oxygen atoms in total. The first-order chi connectivity index (χ1) is 8.36. The summed E-state index contributed by atoms with van der Waals surface area (Å²) in [7, 11) is -1.69. The zero-order valence-corrected chi connectivity index (χ0v) is 10.9. The van der Waals surface area contributed by atoms with E-state index in [9.17, 15) is 18.5 Å². The highest BCUT2D eigenvalue weighted by Crippen LogP contribution is 2.24. The van der Waals surface area contributed by atoms with Crippen molar-refractivity contribution in [1.82, 2.24) is 5.32 Å². The largest absolute Gasteiger partial charge is 0.316 e. The second-order valence-electron chi connectivity index (χ2n) is 3.71. The van der Waals surface area contributed by atoms with Gasteiger partial charge in [-0.15, -0.1) is 0 Å². The van der Waals surface area contributed by atoms with Gasteiger partial charge < -0.3 is 5.32 Å². The molecule has 0 saturated carbocycles. The van der Waals surface area contributed by atoms with Gasteiger partial charge in [0.15, 0.2) is 9.84 Å². The molecule has 0 unspecified atom stereocenters. The highest BCUT2D eigenvalue weighted by Gasteiger charge is 2.16. The molecule has 0 fully saturated rings. The zero-order chi connectivity index (χ0) is 13.8. The highest BCUT2D eigenvalue weighted by molar-refractivity contribution is 7.90. The molecule has 98 valence electrons. The Labute approximate surface area is 105 Å². The number of hydrogen-bond donors (Lipinski definition) is 1. The molecular formula is C11H14N2O4S. The lowest BCUT2D eigenvalue weighted by Crippen LogP contribution is -2.04. The Bertz CT molecular complexity index is 579. The topological polar surface area (TPSA) is 89.3 Å². The monoisotopic (exact) mass is 270 g/mol. The number of benzene rings is 1. The third kappa shape index (κ3) is 3.64. The molecule has 18 heavy (non-hydrogen) atoms. The Morgan fingerprint density at radius 2 is 2.11 bits per heavy atom. The highest BCUT2D eigenvalue weighted by atomic mass is 32.2. The Kier molecular flexibility index (Phi) is 4.57. The van der Waals surface area contributed by atoms with Crippen molar-refractivity contribution in [1.29, 1.82) is 0 Å². The van der Waals surface area contributed by atoms with Gasteiger partial charge in [-0.1, -0.05) is 12.2 Å². The van der Waals surface area contributed by atoms with E-state index < -0.39 is 14.8 Å². The lowest BCUT2D eigenvalue weighted by atomic mass is 10.1. The molecule has 0 amide bonds. The molecule has 1 rings (SSSR count). The molecule has 0 aromatic heterocycles. The summed E-state index contributed by atoms with van der Waals surface area (Å²) >= 11 is 0. The summed E-state index contributed by atoms with van der Waals surface area (Å²) in [4.78, 5) is 10.2. The van der Waals surface area contributed by atoms with Gasteiger partial charge in [0.05, 0.1) is 15.4 Å². The SMILES string of the molecule is CNCC=Cc1ccc(S(C)(=O)=O)cc1[N+](=O)[O-]. The fraction of sp³-hybridized carbons (Fsp3) is 0.273. The second kappa shape index (κ2) is 5.74. The molecule has 0 aliphatic heterocycles. The van der Waals surface area contributed by atoms with E-state index in [4.69, 9.17) is 0 Å². The van der Waals surface area contributed by atoms with Crippen LogP contribution in [0.1, 0.15) is 5.56 Å². The Morgan fingerprint density at radius 3 is 2.61 bits per heavy atom. The lowest BCUT2D eigenvalue weighted by molar-refractivity contribution is -0.385. The molecule has 1 aromatic rings. The predicted molar refractivity (Wildman–Crippen MR) is 69.2 cm³/mol. The molecule has 0 spiro atoms. The van der Waals surface area contributed by atoms with Crippen molar-refractivity contribution in [2.75, 3.05) is 19.8 Å². The molecule has 1 N–H and O–H groups in total. The molecule has 0 atom stereocenters. The van der Waals surface area contributed by atoms with Gasteiger partial charge in [0, 0.05) is 18.9 Å². The van der Waals surface area contributed by atoms with Gasteiger partial charge in [-0.2, -0.15) is 0 Å². The maximum Gasteiger partial charge on any atom is 0.277 e. The number of likely N-dealkylation sites (N-methyl/N-ethyl adjacent to an activating group) is 1. The summed E-state index contributed by atoms with van der Waals surface area (Å²) in [5.41, 5.74) is 0.160. The lowest BCUT2D eigenvalue weighted by Gasteiger charge is -2.01. The van der Waals surface area contributed by atoms with Gasteiger partial charge in [0.25, 0.3) is 5.69 Å². The van der Waals surface area contributed by atoms with Gasteiger partial charge in [-0.25, -0.2) is 8.42 Å². The maximum absolute atomic E-state index is 11.3. The van der Waals surface area contributed by atoms with Gasteiger partial charge in [-0.3, -0.25) is 10.1 Å². The summed E-state index contributed by atoms with van der Waals surface area (Å²) in [5, 5.41) is 13.8. The van der Waals surface area contributed by atoms with Crippen molar-refractivity contribution < 1.29 is 13.3 Å². The first-order valence-electron chi connectivity index (χ1n) is 5.16. The zero-order valence-electron chi connectivity index (χ0n) is 10.1. The molecule has 0 aliphatic carbocycles. The van der Waals surface area contributed by atoms with Crippen LogP contribution in [-0.2, 0) is 9.84 Å². The molecule has 0 bridgehead atoms. The van der Waals surface area contributed by atoms with Gasteiger partial charge in [0.2, 0.25) is 0 Å². The molecule has 0 heterocycles. The third-order valence-corrected chi connectivity index (χ3v) is 3.36. The number of hydrogen-bond acceptors (Lipinski definition) is 5. The molecule has 1 aromatic carbocycles. The molecule has 0 radical (unpaired) electrons. The number of nitro benzene ring substituents is 1. The minimum Gasteiger partial charge on any atom is -0.316 e. The van der Waals surface area contributed by atoms with Crippen molar-refractivity contribution in [3.05, 3.63) is 40.0 Å². The normalized spacial score (nSPS) is 11.9. The summed E-state index contributed by atoms with van der Waals surface area (Å²) in [6.07, 6.45) is 4.33. The summed E-state index contributed by atoms with van der Waals surface area (Å²) in [6.45, 7) is 0.574. The van der Waals surface area contributed by atoms with Crippen LogP contribution in [0.3, 0.4) is 0 Å². The smallest absolute Gasteiger partial charge is 0.277 e. The molecule has 0 aliphatic rings. The van der Waals surface area contributed by atoms with E-state index in [-0.39, 0.29) is 10.6 Å². The van der Waals surface area contributed by atoms with Gasteiger partial charge >= 0.3 is 0 Å². The van der Waals surface area contributed by atoms with Crippen molar-refractivity contribution in [2.45, 2.75) is 4.90 Å². The first-order valence-corrected chi connectivity index (χ1v) is 7.05. The first kappa shape index (κ1) is 14.3. The summed E-state index contributed by atoms with van der Waals surface area (Å²) in [5.74, 6) is 0. The number of nitro groups is 1. The minimum atomic E-state index is -3.44. The maximum atomic E-state index is 11.3. The van der Waals surface area contributed by atoms with Crippen LogP contribution >= 0.6 is 0 Å². The van der Waals surface area contributed by atoms with E-state index in [1.807, 2.05) is 0 Å². The van der Waals surface area contributed by atoms with Crippen LogP contribution in [0.15, 0.2) is 29.2 Å². The quantitative estimate of drug-likeness (QED) is 0.642. The fourth-order valence-corrected chi connectivity index (χ4v) is 2.00. The van der Waals surface area contributed by atoms with E-state index in [0.29, 0.717) is 12.1 Å². The van der Waals surface area contributed by atoms with Crippen molar-refractivity contribution in [3.63, 3.8) is 0 Å². The van der Waals surface area contributed by atoms with Crippen molar-refractivity contribution in [3.8, 4) is 0 Å². The average Bonchev–Trinajstić information content (AvgIpc) is 2.28. The minimum absolute atomic E-state index is 0.0556. The summed E-state index contributed by atoms with van der Waals surface area (Å²) < 4.78 is 22.7. The van der Waals surface area contributed by atoms with Crippen molar-refractivity contribution in [2.24, 2.45) is 0 Å². The van der Waals surface area contributed by atoms with E-state index >= 15 is 0 Å². The van der Waals surface area contributed by atoms with Crippen LogP contribution in [0.4, 0.5) is 5.69 Å². The molecule has 7 heteroatoms. The van der Waals surface area contributed by atoms with E-state index in [1.165, 1.54) is 12.1 Å². The second-order valence-corrected chi connectivity index (χ2v) is 5.73. The molecular weight excluding hydrogens is 256 g/mol. The van der Waals surface area contributed by atoms with Crippen LogP contribution in [0.2, 0.25) is 0 Å². The van der Waals surface area contributed by atoms with Crippen LogP contribution in [0.5, 0.6) is 0 Å². The van der Waals surface area contributed by atoms with Gasteiger partial charge in [0.1, 0.15) is 0 Å². The van der Waals surface area contributed by atoms with Crippen molar-refractivity contribution >= 4 is 21.6 Å². The van der Waals surface area contributed by atoms with Crippen LogP contribution < -0.4 is 5.32 Å². The third-order valence-electron chi connectivity index (χ3n) is 2.25. The fourth-order valence-electron chi connectivity index (χ4n) is 1.36. The standard InChI is InChI=1S/C11H14N2O4S/c1-12-7-3-4-9-5-6-10(18(2,16)17)8-11(9)13(14)15/h3-6,8,12H,7H2,1-2H3. The number of rotatable bonds is 5. The van der Waals surface area contributed by atoms with E-state index in [1.54, 1.807) is 19.2 Å². The Hall–Kier alpha value is -1.73.